The van der Waals surface area contributed by atoms with E-state index in [4.69, 9.17) is 4.74 Å². The number of nitro groups is 1. The van der Waals surface area contributed by atoms with Crippen LogP contribution in [0.1, 0.15) is 12.0 Å². The quantitative estimate of drug-likeness (QED) is 0.180. The Bertz CT molecular complexity index is 451. The van der Waals surface area contributed by atoms with Gasteiger partial charge in [0.05, 0.1) is 4.92 Å². The first-order chi connectivity index (χ1) is 9.67. The second-order valence-corrected chi connectivity index (χ2v) is 4.12. The summed E-state index contributed by atoms with van der Waals surface area (Å²) in [5.41, 5.74) is 1.05. The Hall–Kier alpha value is -1.42. The van der Waals surface area contributed by atoms with Gasteiger partial charge in [0.25, 0.3) is 5.69 Å². The highest BCUT2D eigenvalue weighted by molar-refractivity contribution is 14.0. The van der Waals surface area contributed by atoms with Crippen LogP contribution in [-0.2, 0) is 11.3 Å². The number of hydrogen-bond acceptors (Lipinski definition) is 4. The molecule has 0 heterocycles. The van der Waals surface area contributed by atoms with E-state index in [1.54, 1.807) is 26.3 Å². The second kappa shape index (κ2) is 11.3. The minimum atomic E-state index is -0.409. The molecule has 1 aromatic rings. The molecular formula is C13H21IN4O3. The topological polar surface area (TPSA) is 88.8 Å². The third kappa shape index (κ3) is 7.81. The van der Waals surface area contributed by atoms with Crippen molar-refractivity contribution in [2.75, 3.05) is 27.3 Å². The van der Waals surface area contributed by atoms with Gasteiger partial charge in [-0.05, 0) is 12.0 Å². The third-order valence-electron chi connectivity index (χ3n) is 2.65. The molecule has 0 fully saturated rings. The summed E-state index contributed by atoms with van der Waals surface area (Å²) in [6.07, 6.45) is 0.898. The molecule has 2 N–H and O–H groups in total. The van der Waals surface area contributed by atoms with Crippen LogP contribution in [0, 0.1) is 10.1 Å². The Morgan fingerprint density at radius 2 is 2.00 bits per heavy atom. The highest BCUT2D eigenvalue weighted by Gasteiger charge is 2.04. The fraction of sp³-hybridized carbons (Fsp3) is 0.462. The molecule has 0 aromatic heterocycles. The first kappa shape index (κ1) is 19.6. The van der Waals surface area contributed by atoms with E-state index in [1.807, 2.05) is 0 Å². The lowest BCUT2D eigenvalue weighted by Crippen LogP contribution is -2.37. The van der Waals surface area contributed by atoms with Crippen molar-refractivity contribution >= 4 is 35.6 Å². The summed E-state index contributed by atoms with van der Waals surface area (Å²) in [5, 5.41) is 16.8. The van der Waals surface area contributed by atoms with Crippen LogP contribution in [0.5, 0.6) is 0 Å². The van der Waals surface area contributed by atoms with E-state index in [2.05, 4.69) is 15.6 Å². The fourth-order valence-corrected chi connectivity index (χ4v) is 1.57. The average Bonchev–Trinajstić information content (AvgIpc) is 2.47. The Balaban J connectivity index is 0.00000400. The van der Waals surface area contributed by atoms with E-state index in [9.17, 15) is 10.1 Å². The largest absolute Gasteiger partial charge is 0.385 e. The van der Waals surface area contributed by atoms with E-state index < -0.39 is 4.92 Å². The number of aliphatic imine (C=N–C) groups is 1. The van der Waals surface area contributed by atoms with Crippen LogP contribution in [0.2, 0.25) is 0 Å². The van der Waals surface area contributed by atoms with Crippen LogP contribution < -0.4 is 10.6 Å². The number of guanidine groups is 1. The zero-order valence-corrected chi connectivity index (χ0v) is 14.5. The highest BCUT2D eigenvalue weighted by Crippen LogP contribution is 2.11. The van der Waals surface area contributed by atoms with Crippen molar-refractivity contribution < 1.29 is 9.66 Å². The highest BCUT2D eigenvalue weighted by atomic mass is 127. The molecule has 0 amide bonds. The second-order valence-electron chi connectivity index (χ2n) is 4.12. The van der Waals surface area contributed by atoms with Crippen molar-refractivity contribution in [3.8, 4) is 0 Å². The van der Waals surface area contributed by atoms with Gasteiger partial charge in [0.15, 0.2) is 5.96 Å². The van der Waals surface area contributed by atoms with Gasteiger partial charge in [-0.3, -0.25) is 15.1 Å². The predicted octanol–water partition coefficient (Wildman–Crippen LogP) is 1.91. The van der Waals surface area contributed by atoms with Crippen molar-refractivity contribution in [3.05, 3.63) is 39.9 Å². The molecule has 8 heteroatoms. The summed E-state index contributed by atoms with van der Waals surface area (Å²) in [4.78, 5) is 14.2. The molecule has 21 heavy (non-hydrogen) atoms. The van der Waals surface area contributed by atoms with Gasteiger partial charge < -0.3 is 15.4 Å². The molecule has 0 spiro atoms. The first-order valence-corrected chi connectivity index (χ1v) is 6.34. The summed E-state index contributed by atoms with van der Waals surface area (Å²) in [5.74, 6) is 0.694. The lowest BCUT2D eigenvalue weighted by molar-refractivity contribution is -0.384. The SMILES string of the molecule is CN=C(NCCCOC)NCc1ccc([N+](=O)[O-])cc1.I. The lowest BCUT2D eigenvalue weighted by Gasteiger charge is -2.11. The Morgan fingerprint density at radius 1 is 1.33 bits per heavy atom. The molecule has 0 radical (unpaired) electrons. The number of benzene rings is 1. The van der Waals surface area contributed by atoms with E-state index >= 15 is 0 Å². The minimum absolute atomic E-state index is 0. The van der Waals surface area contributed by atoms with Crippen molar-refractivity contribution in [2.45, 2.75) is 13.0 Å². The number of halogens is 1. The van der Waals surface area contributed by atoms with Crippen molar-refractivity contribution in [2.24, 2.45) is 4.99 Å². The number of non-ortho nitro benzene ring substituents is 1. The van der Waals surface area contributed by atoms with Crippen molar-refractivity contribution in [3.63, 3.8) is 0 Å². The van der Waals surface area contributed by atoms with Gasteiger partial charge in [-0.25, -0.2) is 0 Å². The standard InChI is InChI=1S/C13H20N4O3.HI/c1-14-13(15-8-3-9-20-2)16-10-11-4-6-12(7-5-11)17(18)19;/h4-7H,3,8-10H2,1-2H3,(H2,14,15,16);1H. The summed E-state index contributed by atoms with van der Waals surface area (Å²) >= 11 is 0. The molecule has 1 rings (SSSR count). The van der Waals surface area contributed by atoms with Crippen LogP contribution in [0.15, 0.2) is 29.3 Å². The zero-order valence-electron chi connectivity index (χ0n) is 12.2. The third-order valence-corrected chi connectivity index (χ3v) is 2.65. The summed E-state index contributed by atoms with van der Waals surface area (Å²) in [7, 11) is 3.36. The summed E-state index contributed by atoms with van der Waals surface area (Å²) in [6.45, 7) is 2.03. The number of ether oxygens (including phenoxy) is 1. The molecule has 0 unspecified atom stereocenters. The van der Waals surface area contributed by atoms with Crippen molar-refractivity contribution in [1.29, 1.82) is 0 Å². The Kier molecular flexibility index (Phi) is 10.5. The number of hydrogen-bond donors (Lipinski definition) is 2. The van der Waals surface area contributed by atoms with Gasteiger partial charge in [-0.1, -0.05) is 12.1 Å². The molecule has 0 bridgehead atoms. The van der Waals surface area contributed by atoms with E-state index in [1.165, 1.54) is 12.1 Å². The van der Waals surface area contributed by atoms with Crippen LogP contribution >= 0.6 is 24.0 Å². The molecule has 0 saturated carbocycles. The average molecular weight is 408 g/mol. The number of rotatable bonds is 7. The summed E-state index contributed by atoms with van der Waals surface area (Å²) < 4.78 is 4.96. The number of nitro benzene ring substituents is 1. The van der Waals surface area contributed by atoms with Crippen molar-refractivity contribution in [1.82, 2.24) is 10.6 Å². The van der Waals surface area contributed by atoms with Crippen LogP contribution in [0.3, 0.4) is 0 Å². The maximum atomic E-state index is 10.5. The molecule has 0 aliphatic rings. The Labute approximate surface area is 141 Å². The zero-order chi connectivity index (χ0) is 14.8. The molecule has 1 aromatic carbocycles. The number of nitrogens with one attached hydrogen (secondary N) is 2. The van der Waals surface area contributed by atoms with E-state index in [0.29, 0.717) is 19.1 Å². The summed E-state index contributed by atoms with van der Waals surface area (Å²) in [6, 6.07) is 6.43. The van der Waals surface area contributed by atoms with E-state index in [0.717, 1.165) is 18.5 Å². The molecule has 0 saturated heterocycles. The molecule has 118 valence electrons. The van der Waals surface area contributed by atoms with Gasteiger partial charge in [0.1, 0.15) is 0 Å². The molecule has 0 atom stereocenters. The number of methoxy groups -OCH3 is 1. The Morgan fingerprint density at radius 3 is 2.52 bits per heavy atom. The minimum Gasteiger partial charge on any atom is -0.385 e. The molecular weight excluding hydrogens is 387 g/mol. The normalized spacial score (nSPS) is 10.7. The monoisotopic (exact) mass is 408 g/mol. The molecule has 7 nitrogen and oxygen atoms in total. The van der Waals surface area contributed by atoms with Gasteiger partial charge in [0.2, 0.25) is 0 Å². The van der Waals surface area contributed by atoms with Crippen LogP contribution in [0.25, 0.3) is 0 Å². The van der Waals surface area contributed by atoms with Gasteiger partial charge in [-0.15, -0.1) is 24.0 Å². The smallest absolute Gasteiger partial charge is 0.269 e. The molecule has 0 aliphatic carbocycles. The van der Waals surface area contributed by atoms with E-state index in [-0.39, 0.29) is 29.7 Å². The van der Waals surface area contributed by atoms with Gasteiger partial charge in [0, 0.05) is 46.0 Å². The van der Waals surface area contributed by atoms with Crippen LogP contribution in [-0.4, -0.2) is 38.2 Å². The predicted molar refractivity (Wildman–Crippen MR) is 93.2 cm³/mol. The first-order valence-electron chi connectivity index (χ1n) is 6.34. The molecule has 0 aliphatic heterocycles. The fourth-order valence-electron chi connectivity index (χ4n) is 1.57. The van der Waals surface area contributed by atoms with Crippen LogP contribution in [0.4, 0.5) is 5.69 Å². The van der Waals surface area contributed by atoms with Gasteiger partial charge in [-0.2, -0.15) is 0 Å². The van der Waals surface area contributed by atoms with Gasteiger partial charge >= 0.3 is 0 Å². The maximum Gasteiger partial charge on any atom is 0.269 e. The number of nitrogens with zero attached hydrogens (tertiary/aromatic N) is 2. The lowest BCUT2D eigenvalue weighted by atomic mass is 10.2. The maximum absolute atomic E-state index is 10.5.